The molecule has 0 unspecified atom stereocenters. The summed E-state index contributed by atoms with van der Waals surface area (Å²) >= 11 is 3.29. The van der Waals surface area contributed by atoms with Gasteiger partial charge in [0.25, 0.3) is 0 Å². The molecular formula is C11H14BrNO2S. The van der Waals surface area contributed by atoms with Gasteiger partial charge in [-0.05, 0) is 43.7 Å². The van der Waals surface area contributed by atoms with Gasteiger partial charge in [-0.15, -0.1) is 0 Å². The van der Waals surface area contributed by atoms with Crippen LogP contribution in [0.3, 0.4) is 0 Å². The van der Waals surface area contributed by atoms with Crippen LogP contribution >= 0.6 is 15.9 Å². The molecule has 1 N–H and O–H groups in total. The van der Waals surface area contributed by atoms with Gasteiger partial charge in [-0.25, -0.2) is 8.42 Å². The van der Waals surface area contributed by atoms with E-state index in [-0.39, 0.29) is 11.8 Å². The molecule has 3 nitrogen and oxygen atoms in total. The Hall–Kier alpha value is -0.390. The second-order valence-corrected chi connectivity index (χ2v) is 6.98. The maximum absolute atomic E-state index is 12.0. The summed E-state index contributed by atoms with van der Waals surface area (Å²) in [6.45, 7) is 0.931. The van der Waals surface area contributed by atoms with Crippen molar-refractivity contribution >= 4 is 25.8 Å². The molecule has 1 aliphatic rings. The Morgan fingerprint density at radius 1 is 1.31 bits per heavy atom. The fourth-order valence-electron chi connectivity index (χ4n) is 1.90. The summed E-state index contributed by atoms with van der Waals surface area (Å²) < 4.78 is 25.0. The first-order valence-corrected chi connectivity index (χ1v) is 7.74. The van der Waals surface area contributed by atoms with Crippen molar-refractivity contribution in [2.75, 3.05) is 12.3 Å². The zero-order chi connectivity index (χ0) is 11.6. The lowest BCUT2D eigenvalue weighted by Crippen LogP contribution is -2.29. The first-order valence-electron chi connectivity index (χ1n) is 5.30. The minimum Gasteiger partial charge on any atom is -0.313 e. The monoisotopic (exact) mass is 303 g/mol. The van der Waals surface area contributed by atoms with E-state index in [4.69, 9.17) is 0 Å². The van der Waals surface area contributed by atoms with Gasteiger partial charge in [0.2, 0.25) is 0 Å². The van der Waals surface area contributed by atoms with Crippen LogP contribution in [0.25, 0.3) is 0 Å². The topological polar surface area (TPSA) is 46.2 Å². The van der Waals surface area contributed by atoms with Crippen molar-refractivity contribution in [1.29, 1.82) is 0 Å². The van der Waals surface area contributed by atoms with Crippen LogP contribution in [0.1, 0.15) is 12.8 Å². The molecule has 1 aliphatic heterocycles. The molecule has 1 aromatic carbocycles. The van der Waals surface area contributed by atoms with E-state index in [1.165, 1.54) is 0 Å². The molecule has 0 radical (unpaired) electrons. The van der Waals surface area contributed by atoms with E-state index < -0.39 is 9.84 Å². The first-order chi connectivity index (χ1) is 7.58. The molecule has 0 aliphatic carbocycles. The molecule has 1 aromatic rings. The molecule has 1 saturated heterocycles. The molecule has 1 heterocycles. The van der Waals surface area contributed by atoms with Gasteiger partial charge in [0, 0.05) is 10.5 Å². The number of hydrogen-bond acceptors (Lipinski definition) is 3. The van der Waals surface area contributed by atoms with Crippen molar-refractivity contribution in [2.45, 2.75) is 23.8 Å². The van der Waals surface area contributed by atoms with Crippen molar-refractivity contribution in [3.8, 4) is 0 Å². The third kappa shape index (κ3) is 2.84. The van der Waals surface area contributed by atoms with Crippen LogP contribution in [0.4, 0.5) is 0 Å². The van der Waals surface area contributed by atoms with Crippen LogP contribution < -0.4 is 5.32 Å². The van der Waals surface area contributed by atoms with Gasteiger partial charge in [0.1, 0.15) is 0 Å². The number of benzene rings is 1. The van der Waals surface area contributed by atoms with E-state index in [0.717, 1.165) is 23.9 Å². The molecule has 2 rings (SSSR count). The largest absolute Gasteiger partial charge is 0.313 e. The molecule has 0 spiro atoms. The molecule has 1 atom stereocenters. The molecule has 5 heteroatoms. The van der Waals surface area contributed by atoms with Crippen molar-refractivity contribution in [2.24, 2.45) is 0 Å². The smallest absolute Gasteiger partial charge is 0.179 e. The van der Waals surface area contributed by atoms with Crippen LogP contribution in [0, 0.1) is 0 Å². The normalized spacial score (nSPS) is 21.2. The van der Waals surface area contributed by atoms with Gasteiger partial charge in [-0.1, -0.05) is 15.9 Å². The maximum Gasteiger partial charge on any atom is 0.179 e. The average Bonchev–Trinajstić information content (AvgIpc) is 2.70. The SMILES string of the molecule is O=S(=O)(C[C@@H]1CCCN1)c1ccc(Br)cc1. The molecular weight excluding hydrogens is 290 g/mol. The quantitative estimate of drug-likeness (QED) is 0.929. The van der Waals surface area contributed by atoms with Gasteiger partial charge in [0.05, 0.1) is 10.6 Å². The molecule has 1 fully saturated rings. The van der Waals surface area contributed by atoms with E-state index in [2.05, 4.69) is 21.2 Å². The lowest BCUT2D eigenvalue weighted by Gasteiger charge is -2.10. The summed E-state index contributed by atoms with van der Waals surface area (Å²) in [4.78, 5) is 0.407. The van der Waals surface area contributed by atoms with Crippen molar-refractivity contribution in [3.63, 3.8) is 0 Å². The summed E-state index contributed by atoms with van der Waals surface area (Å²) in [5.74, 6) is 0.203. The van der Waals surface area contributed by atoms with E-state index in [1.807, 2.05) is 0 Å². The first kappa shape index (κ1) is 12.1. The summed E-state index contributed by atoms with van der Waals surface area (Å²) in [5.41, 5.74) is 0. The molecule has 88 valence electrons. The predicted molar refractivity (Wildman–Crippen MR) is 67.2 cm³/mol. The van der Waals surface area contributed by atoms with Crippen LogP contribution in [-0.4, -0.2) is 26.8 Å². The van der Waals surface area contributed by atoms with Gasteiger partial charge in [-0.2, -0.15) is 0 Å². The zero-order valence-corrected chi connectivity index (χ0v) is 11.2. The number of nitrogens with one attached hydrogen (secondary N) is 1. The third-order valence-electron chi connectivity index (χ3n) is 2.76. The standard InChI is InChI=1S/C11H14BrNO2S/c12-9-3-5-11(6-4-9)16(14,15)8-10-2-1-7-13-10/h3-6,10,13H,1-2,7-8H2/t10-/m0/s1. The van der Waals surface area contributed by atoms with Crippen molar-refractivity contribution < 1.29 is 8.42 Å². The Bertz CT molecular complexity index is 449. The predicted octanol–water partition coefficient (Wildman–Crippen LogP) is 1.97. The average molecular weight is 304 g/mol. The molecule has 0 saturated carbocycles. The Balaban J connectivity index is 2.14. The minimum absolute atomic E-state index is 0.119. The number of sulfone groups is 1. The molecule has 16 heavy (non-hydrogen) atoms. The third-order valence-corrected chi connectivity index (χ3v) is 5.12. The highest BCUT2D eigenvalue weighted by Crippen LogP contribution is 2.18. The molecule has 0 bridgehead atoms. The fraction of sp³-hybridized carbons (Fsp3) is 0.455. The molecule has 0 aromatic heterocycles. The fourth-order valence-corrected chi connectivity index (χ4v) is 3.72. The summed E-state index contributed by atoms with van der Waals surface area (Å²) in [7, 11) is -3.14. The van der Waals surface area contributed by atoms with E-state index in [0.29, 0.717) is 4.90 Å². The minimum atomic E-state index is -3.14. The van der Waals surface area contributed by atoms with Crippen LogP contribution in [0.15, 0.2) is 33.6 Å². The van der Waals surface area contributed by atoms with Gasteiger partial charge in [-0.3, -0.25) is 0 Å². The van der Waals surface area contributed by atoms with Crippen molar-refractivity contribution in [1.82, 2.24) is 5.32 Å². The van der Waals surface area contributed by atoms with Gasteiger partial charge in [0.15, 0.2) is 9.84 Å². The Morgan fingerprint density at radius 2 is 2.00 bits per heavy atom. The van der Waals surface area contributed by atoms with E-state index >= 15 is 0 Å². The van der Waals surface area contributed by atoms with Crippen LogP contribution in [0.5, 0.6) is 0 Å². The Labute approximate surface area is 104 Å². The second kappa shape index (κ2) is 4.85. The maximum atomic E-state index is 12.0. The Kier molecular flexibility index (Phi) is 3.66. The van der Waals surface area contributed by atoms with Gasteiger partial charge < -0.3 is 5.32 Å². The second-order valence-electron chi connectivity index (χ2n) is 4.03. The number of hydrogen-bond donors (Lipinski definition) is 1. The highest BCUT2D eigenvalue weighted by molar-refractivity contribution is 9.10. The lowest BCUT2D eigenvalue weighted by atomic mass is 10.3. The summed E-state index contributed by atoms with van der Waals surface area (Å²) in [5, 5.41) is 3.21. The van der Waals surface area contributed by atoms with Gasteiger partial charge >= 0.3 is 0 Å². The highest BCUT2D eigenvalue weighted by atomic mass is 79.9. The Morgan fingerprint density at radius 3 is 2.56 bits per heavy atom. The summed E-state index contributed by atoms with van der Waals surface area (Å²) in [6.07, 6.45) is 2.02. The van der Waals surface area contributed by atoms with Crippen molar-refractivity contribution in [3.05, 3.63) is 28.7 Å². The zero-order valence-electron chi connectivity index (χ0n) is 8.82. The van der Waals surface area contributed by atoms with E-state index in [1.54, 1.807) is 24.3 Å². The highest BCUT2D eigenvalue weighted by Gasteiger charge is 2.23. The summed E-state index contributed by atoms with van der Waals surface area (Å²) in [6, 6.07) is 6.93. The number of rotatable bonds is 3. The van der Waals surface area contributed by atoms with Crippen LogP contribution in [0.2, 0.25) is 0 Å². The lowest BCUT2D eigenvalue weighted by molar-refractivity contribution is 0.577. The van der Waals surface area contributed by atoms with Crippen LogP contribution in [-0.2, 0) is 9.84 Å². The molecule has 0 amide bonds. The van der Waals surface area contributed by atoms with E-state index in [9.17, 15) is 8.42 Å². The number of halogens is 1.